The fourth-order valence-corrected chi connectivity index (χ4v) is 2.64. The number of hydrogen-bond donors (Lipinski definition) is 2. The van der Waals surface area contributed by atoms with Crippen LogP contribution in [0.4, 0.5) is 11.4 Å². The Kier molecular flexibility index (Phi) is 5.76. The number of nitrogens with one attached hydrogen (secondary N) is 2. The van der Waals surface area contributed by atoms with Gasteiger partial charge in [-0.25, -0.2) is 0 Å². The zero-order valence-electron chi connectivity index (χ0n) is 14.8. The lowest BCUT2D eigenvalue weighted by molar-refractivity contribution is -0.385. The number of nitro groups is 1. The van der Waals surface area contributed by atoms with E-state index in [0.717, 1.165) is 5.56 Å². The van der Waals surface area contributed by atoms with Gasteiger partial charge in [0.05, 0.1) is 4.92 Å². The molecule has 2 N–H and O–H groups in total. The van der Waals surface area contributed by atoms with Crippen LogP contribution in [0.3, 0.4) is 0 Å². The van der Waals surface area contributed by atoms with E-state index in [4.69, 9.17) is 0 Å². The molecular formula is C21H17N3O4. The van der Waals surface area contributed by atoms with Crippen LogP contribution in [0.15, 0.2) is 78.9 Å². The van der Waals surface area contributed by atoms with Gasteiger partial charge in [-0.15, -0.1) is 0 Å². The molecule has 0 aliphatic rings. The maximum atomic E-state index is 12.4. The molecule has 0 aliphatic carbocycles. The van der Waals surface area contributed by atoms with E-state index in [2.05, 4.69) is 10.6 Å². The summed E-state index contributed by atoms with van der Waals surface area (Å²) in [4.78, 5) is 35.2. The number of carbonyl (C=O) groups is 2. The van der Waals surface area contributed by atoms with E-state index >= 15 is 0 Å². The lowest BCUT2D eigenvalue weighted by Crippen LogP contribution is -2.23. The van der Waals surface area contributed by atoms with Crippen molar-refractivity contribution in [3.63, 3.8) is 0 Å². The summed E-state index contributed by atoms with van der Waals surface area (Å²) in [6.07, 6.45) is 0. The van der Waals surface area contributed by atoms with Gasteiger partial charge in [0.1, 0.15) is 5.56 Å². The highest BCUT2D eigenvalue weighted by atomic mass is 16.6. The summed E-state index contributed by atoms with van der Waals surface area (Å²) in [5.74, 6) is -0.903. The summed E-state index contributed by atoms with van der Waals surface area (Å²) >= 11 is 0. The van der Waals surface area contributed by atoms with Gasteiger partial charge in [0.15, 0.2) is 0 Å². The standard InChI is InChI=1S/C21H17N3O4/c25-20(22-14-15-7-2-1-3-8-15)16-9-6-10-17(13-16)23-21(26)18-11-4-5-12-19(18)24(27)28/h1-13H,14H2,(H,22,25)(H,23,26). The molecule has 0 atom stereocenters. The maximum Gasteiger partial charge on any atom is 0.282 e. The zero-order valence-corrected chi connectivity index (χ0v) is 14.8. The number of nitro benzene ring substituents is 1. The third-order valence-corrected chi connectivity index (χ3v) is 4.02. The van der Waals surface area contributed by atoms with Gasteiger partial charge in [0, 0.05) is 23.9 Å². The molecule has 28 heavy (non-hydrogen) atoms. The van der Waals surface area contributed by atoms with E-state index < -0.39 is 10.8 Å². The summed E-state index contributed by atoms with van der Waals surface area (Å²) in [5, 5.41) is 16.5. The summed E-state index contributed by atoms with van der Waals surface area (Å²) in [6.45, 7) is 0.381. The molecule has 140 valence electrons. The second kappa shape index (κ2) is 8.59. The van der Waals surface area contributed by atoms with Gasteiger partial charge in [-0.3, -0.25) is 19.7 Å². The first kappa shape index (κ1) is 18.8. The SMILES string of the molecule is O=C(NCc1ccccc1)c1cccc(NC(=O)c2ccccc2[N+](=O)[O-])c1. The molecule has 0 fully saturated rings. The minimum absolute atomic E-state index is 0.0496. The molecule has 3 aromatic carbocycles. The lowest BCUT2D eigenvalue weighted by Gasteiger charge is -2.09. The Labute approximate surface area is 161 Å². The van der Waals surface area contributed by atoms with Crippen LogP contribution in [0.1, 0.15) is 26.3 Å². The molecule has 0 saturated carbocycles. The minimum Gasteiger partial charge on any atom is -0.348 e. The number of carbonyl (C=O) groups excluding carboxylic acids is 2. The summed E-state index contributed by atoms with van der Waals surface area (Å²) < 4.78 is 0. The molecule has 0 radical (unpaired) electrons. The summed E-state index contributed by atoms with van der Waals surface area (Å²) in [5.41, 5.74) is 1.38. The molecule has 0 heterocycles. The topological polar surface area (TPSA) is 101 Å². The number of anilines is 1. The third kappa shape index (κ3) is 4.59. The van der Waals surface area contributed by atoms with Gasteiger partial charge in [-0.2, -0.15) is 0 Å². The fraction of sp³-hybridized carbons (Fsp3) is 0.0476. The van der Waals surface area contributed by atoms with E-state index in [0.29, 0.717) is 17.8 Å². The van der Waals surface area contributed by atoms with Crippen molar-refractivity contribution >= 4 is 23.2 Å². The smallest absolute Gasteiger partial charge is 0.282 e. The third-order valence-electron chi connectivity index (χ3n) is 4.02. The number of rotatable bonds is 6. The second-order valence-corrected chi connectivity index (χ2v) is 5.98. The second-order valence-electron chi connectivity index (χ2n) is 5.98. The van der Waals surface area contributed by atoms with Gasteiger partial charge in [-0.1, -0.05) is 48.5 Å². The molecule has 0 aliphatic heterocycles. The Morgan fingerprint density at radius 2 is 1.57 bits per heavy atom. The number of nitrogens with zero attached hydrogens (tertiary/aromatic N) is 1. The molecule has 0 spiro atoms. The van der Waals surface area contributed by atoms with Crippen molar-refractivity contribution in [3.05, 3.63) is 106 Å². The van der Waals surface area contributed by atoms with Crippen molar-refractivity contribution in [1.29, 1.82) is 0 Å². The van der Waals surface area contributed by atoms with Gasteiger partial charge < -0.3 is 10.6 Å². The van der Waals surface area contributed by atoms with Gasteiger partial charge in [0.2, 0.25) is 0 Å². The molecule has 3 aromatic rings. The number of benzene rings is 3. The first-order chi connectivity index (χ1) is 13.5. The number of amides is 2. The van der Waals surface area contributed by atoms with Crippen molar-refractivity contribution < 1.29 is 14.5 Å². The Balaban J connectivity index is 1.70. The molecule has 7 heteroatoms. The molecule has 7 nitrogen and oxygen atoms in total. The van der Waals surface area contributed by atoms with E-state index in [1.807, 2.05) is 30.3 Å². The molecular weight excluding hydrogens is 358 g/mol. The first-order valence-electron chi connectivity index (χ1n) is 8.51. The van der Waals surface area contributed by atoms with Crippen LogP contribution in [0, 0.1) is 10.1 Å². The van der Waals surface area contributed by atoms with Crippen LogP contribution in [0.25, 0.3) is 0 Å². The summed E-state index contributed by atoms with van der Waals surface area (Å²) in [7, 11) is 0. The Hall–Kier alpha value is -4.00. The van der Waals surface area contributed by atoms with E-state index in [9.17, 15) is 19.7 Å². The molecule has 0 bridgehead atoms. The van der Waals surface area contributed by atoms with Crippen molar-refractivity contribution in [3.8, 4) is 0 Å². The highest BCUT2D eigenvalue weighted by molar-refractivity contribution is 6.07. The van der Waals surface area contributed by atoms with Gasteiger partial charge in [-0.05, 0) is 29.8 Å². The molecule has 2 amide bonds. The van der Waals surface area contributed by atoms with Crippen molar-refractivity contribution in [2.24, 2.45) is 0 Å². The zero-order chi connectivity index (χ0) is 19.9. The summed E-state index contributed by atoms with van der Waals surface area (Å²) in [6, 6.07) is 21.6. The Bertz CT molecular complexity index is 1020. The number of para-hydroxylation sites is 1. The predicted molar refractivity (Wildman–Crippen MR) is 105 cm³/mol. The normalized spacial score (nSPS) is 10.1. The van der Waals surface area contributed by atoms with Crippen LogP contribution in [-0.4, -0.2) is 16.7 Å². The molecule has 3 rings (SSSR count). The highest BCUT2D eigenvalue weighted by Crippen LogP contribution is 2.20. The molecule has 0 unspecified atom stereocenters. The minimum atomic E-state index is -0.617. The van der Waals surface area contributed by atoms with Gasteiger partial charge >= 0.3 is 0 Å². The molecule has 0 aromatic heterocycles. The average Bonchev–Trinajstić information content (AvgIpc) is 2.73. The molecule has 0 saturated heterocycles. The van der Waals surface area contributed by atoms with E-state index in [-0.39, 0.29) is 17.2 Å². The Morgan fingerprint density at radius 3 is 2.32 bits per heavy atom. The van der Waals surface area contributed by atoms with Crippen LogP contribution in [0.2, 0.25) is 0 Å². The monoisotopic (exact) mass is 375 g/mol. The van der Waals surface area contributed by atoms with Crippen molar-refractivity contribution in [2.45, 2.75) is 6.54 Å². The van der Waals surface area contributed by atoms with Crippen LogP contribution < -0.4 is 10.6 Å². The first-order valence-corrected chi connectivity index (χ1v) is 8.51. The van der Waals surface area contributed by atoms with Crippen LogP contribution >= 0.6 is 0 Å². The quantitative estimate of drug-likeness (QED) is 0.506. The van der Waals surface area contributed by atoms with Crippen LogP contribution in [0.5, 0.6) is 0 Å². The largest absolute Gasteiger partial charge is 0.348 e. The average molecular weight is 375 g/mol. The predicted octanol–water partition coefficient (Wildman–Crippen LogP) is 3.78. The maximum absolute atomic E-state index is 12.4. The van der Waals surface area contributed by atoms with Crippen LogP contribution in [-0.2, 0) is 6.54 Å². The Morgan fingerprint density at radius 1 is 0.857 bits per heavy atom. The van der Waals surface area contributed by atoms with E-state index in [1.54, 1.807) is 24.3 Å². The number of hydrogen-bond acceptors (Lipinski definition) is 4. The highest BCUT2D eigenvalue weighted by Gasteiger charge is 2.19. The van der Waals surface area contributed by atoms with Crippen molar-refractivity contribution in [2.75, 3.05) is 5.32 Å². The van der Waals surface area contributed by atoms with E-state index in [1.165, 1.54) is 24.3 Å². The fourth-order valence-electron chi connectivity index (χ4n) is 2.64. The lowest BCUT2D eigenvalue weighted by atomic mass is 10.1. The van der Waals surface area contributed by atoms with Gasteiger partial charge in [0.25, 0.3) is 17.5 Å². The van der Waals surface area contributed by atoms with Crippen molar-refractivity contribution in [1.82, 2.24) is 5.32 Å².